The van der Waals surface area contributed by atoms with Crippen LogP contribution in [0.15, 0.2) is 30.3 Å². The first-order valence-electron chi connectivity index (χ1n) is 8.88. The number of hydrazine groups is 1. The molecule has 0 radical (unpaired) electrons. The van der Waals surface area contributed by atoms with Crippen LogP contribution in [-0.2, 0) is 9.59 Å². The van der Waals surface area contributed by atoms with E-state index in [0.717, 1.165) is 24.6 Å². The Kier molecular flexibility index (Phi) is 5.85. The van der Waals surface area contributed by atoms with Gasteiger partial charge < -0.3 is 9.64 Å². The summed E-state index contributed by atoms with van der Waals surface area (Å²) in [6.45, 7) is 0.500. The highest BCUT2D eigenvalue weighted by Gasteiger charge is 2.19. The number of rotatable bonds is 4. The van der Waals surface area contributed by atoms with Crippen LogP contribution in [0.4, 0.5) is 0 Å². The van der Waals surface area contributed by atoms with Crippen LogP contribution >= 0.6 is 0 Å². The maximum Gasteiger partial charge on any atom is 0.288 e. The summed E-state index contributed by atoms with van der Waals surface area (Å²) in [6.07, 6.45) is 3.19. The largest absolute Gasteiger partial charge is 0.497 e. The molecule has 8 heteroatoms. The predicted octanol–water partition coefficient (Wildman–Crippen LogP) is 1.41. The minimum Gasteiger partial charge on any atom is -0.497 e. The van der Waals surface area contributed by atoms with Crippen LogP contribution in [0.5, 0.6) is 5.75 Å². The molecule has 0 bridgehead atoms. The van der Waals surface area contributed by atoms with Crippen LogP contribution in [0.1, 0.15) is 36.2 Å². The summed E-state index contributed by atoms with van der Waals surface area (Å²) < 4.78 is 5.16. The Morgan fingerprint density at radius 3 is 2.81 bits per heavy atom. The van der Waals surface area contributed by atoms with Gasteiger partial charge in [-0.1, -0.05) is 12.5 Å². The van der Waals surface area contributed by atoms with Gasteiger partial charge in [0.2, 0.25) is 5.91 Å². The molecule has 1 aromatic carbocycles. The molecule has 8 nitrogen and oxygen atoms in total. The predicted molar refractivity (Wildman–Crippen MR) is 99.0 cm³/mol. The highest BCUT2D eigenvalue weighted by molar-refractivity contribution is 5.96. The first-order chi connectivity index (χ1) is 13.1. The van der Waals surface area contributed by atoms with Crippen LogP contribution in [0.3, 0.4) is 0 Å². The Balaban J connectivity index is 1.57. The molecule has 1 aromatic heterocycles. The SMILES string of the molecule is COc1ccc2nc(C(=O)NNC(=O)CN3CCCCCC3=O)ccc2c1. The van der Waals surface area contributed by atoms with Crippen LogP contribution in [-0.4, -0.2) is 47.8 Å². The number of aromatic nitrogens is 1. The normalized spacial score (nSPS) is 14.6. The number of hydrogen-bond donors (Lipinski definition) is 2. The van der Waals surface area contributed by atoms with Gasteiger partial charge in [0.05, 0.1) is 12.6 Å². The van der Waals surface area contributed by atoms with Crippen molar-refractivity contribution in [3.63, 3.8) is 0 Å². The zero-order chi connectivity index (χ0) is 19.2. The molecule has 3 rings (SSSR count). The molecule has 27 heavy (non-hydrogen) atoms. The Morgan fingerprint density at radius 2 is 2.00 bits per heavy atom. The third kappa shape index (κ3) is 4.72. The van der Waals surface area contributed by atoms with Crippen molar-refractivity contribution in [2.45, 2.75) is 25.7 Å². The first-order valence-corrected chi connectivity index (χ1v) is 8.88. The molecule has 0 atom stereocenters. The third-order valence-electron chi connectivity index (χ3n) is 4.45. The molecule has 1 aliphatic rings. The molecule has 0 saturated carbocycles. The molecule has 0 unspecified atom stereocenters. The van der Waals surface area contributed by atoms with E-state index >= 15 is 0 Å². The molecule has 2 heterocycles. The van der Waals surface area contributed by atoms with Gasteiger partial charge >= 0.3 is 0 Å². The van der Waals surface area contributed by atoms with Gasteiger partial charge in [-0.2, -0.15) is 0 Å². The van der Waals surface area contributed by atoms with Crippen LogP contribution in [0.25, 0.3) is 10.9 Å². The number of fused-ring (bicyclic) bond motifs is 1. The molecule has 0 spiro atoms. The third-order valence-corrected chi connectivity index (χ3v) is 4.45. The summed E-state index contributed by atoms with van der Waals surface area (Å²) in [4.78, 5) is 42.0. The second-order valence-electron chi connectivity index (χ2n) is 6.38. The van der Waals surface area contributed by atoms with Crippen molar-refractivity contribution >= 4 is 28.6 Å². The van der Waals surface area contributed by atoms with E-state index in [0.29, 0.717) is 24.2 Å². The Morgan fingerprint density at radius 1 is 1.15 bits per heavy atom. The van der Waals surface area contributed by atoms with Crippen LogP contribution in [0, 0.1) is 0 Å². The van der Waals surface area contributed by atoms with Gasteiger partial charge in [-0.25, -0.2) is 4.98 Å². The zero-order valence-electron chi connectivity index (χ0n) is 15.2. The average Bonchev–Trinajstić information content (AvgIpc) is 2.89. The van der Waals surface area contributed by atoms with Gasteiger partial charge in [-0.15, -0.1) is 0 Å². The fourth-order valence-corrected chi connectivity index (χ4v) is 2.97. The van der Waals surface area contributed by atoms with E-state index in [1.165, 1.54) is 4.90 Å². The van der Waals surface area contributed by atoms with Gasteiger partial charge in [0.1, 0.15) is 18.0 Å². The highest BCUT2D eigenvalue weighted by atomic mass is 16.5. The fourth-order valence-electron chi connectivity index (χ4n) is 2.97. The number of nitrogens with zero attached hydrogens (tertiary/aromatic N) is 2. The number of carbonyl (C=O) groups is 3. The van der Waals surface area contributed by atoms with E-state index in [-0.39, 0.29) is 18.1 Å². The molecule has 1 aliphatic heterocycles. The van der Waals surface area contributed by atoms with Crippen LogP contribution < -0.4 is 15.6 Å². The number of nitrogens with one attached hydrogen (secondary N) is 2. The van der Waals surface area contributed by atoms with E-state index in [2.05, 4.69) is 15.8 Å². The van der Waals surface area contributed by atoms with E-state index in [1.807, 2.05) is 6.07 Å². The van der Waals surface area contributed by atoms with Crippen molar-refractivity contribution in [3.05, 3.63) is 36.0 Å². The minimum atomic E-state index is -0.525. The highest BCUT2D eigenvalue weighted by Crippen LogP contribution is 2.19. The molecule has 2 N–H and O–H groups in total. The summed E-state index contributed by atoms with van der Waals surface area (Å²) in [5, 5.41) is 0.842. The maximum atomic E-state index is 12.2. The lowest BCUT2D eigenvalue weighted by Gasteiger charge is -2.19. The number of hydrogen-bond acceptors (Lipinski definition) is 5. The van der Waals surface area contributed by atoms with Gasteiger partial charge in [-0.05, 0) is 37.1 Å². The average molecular weight is 370 g/mol. The van der Waals surface area contributed by atoms with Gasteiger partial charge in [0, 0.05) is 18.4 Å². The van der Waals surface area contributed by atoms with Gasteiger partial charge in [0.25, 0.3) is 11.8 Å². The Labute approximate surface area is 156 Å². The van der Waals surface area contributed by atoms with Crippen molar-refractivity contribution in [1.82, 2.24) is 20.7 Å². The zero-order valence-corrected chi connectivity index (χ0v) is 15.2. The Hall–Kier alpha value is -3.16. The van der Waals surface area contributed by atoms with E-state index in [9.17, 15) is 14.4 Å². The number of ether oxygens (including phenoxy) is 1. The molecular formula is C19H22N4O4. The minimum absolute atomic E-state index is 0.0272. The molecule has 1 saturated heterocycles. The molecule has 2 aromatic rings. The summed E-state index contributed by atoms with van der Waals surface area (Å²) >= 11 is 0. The number of methoxy groups -OCH3 is 1. The van der Waals surface area contributed by atoms with Crippen molar-refractivity contribution < 1.29 is 19.1 Å². The monoisotopic (exact) mass is 370 g/mol. The molecule has 3 amide bonds. The summed E-state index contributed by atoms with van der Waals surface area (Å²) in [5.74, 6) is -0.287. The molecule has 142 valence electrons. The number of carbonyl (C=O) groups excluding carboxylic acids is 3. The van der Waals surface area contributed by atoms with E-state index in [4.69, 9.17) is 4.74 Å². The summed E-state index contributed by atoms with van der Waals surface area (Å²) in [5.41, 5.74) is 5.51. The van der Waals surface area contributed by atoms with Gasteiger partial charge in [0.15, 0.2) is 0 Å². The number of benzene rings is 1. The lowest BCUT2D eigenvalue weighted by atomic mass is 10.2. The second-order valence-corrected chi connectivity index (χ2v) is 6.38. The second kappa shape index (κ2) is 8.48. The van der Waals surface area contributed by atoms with Gasteiger partial charge in [-0.3, -0.25) is 25.2 Å². The van der Waals surface area contributed by atoms with Crippen molar-refractivity contribution in [1.29, 1.82) is 0 Å². The molecule has 1 fully saturated rings. The maximum absolute atomic E-state index is 12.2. The number of amides is 3. The lowest BCUT2D eigenvalue weighted by molar-refractivity contribution is -0.135. The summed E-state index contributed by atoms with van der Waals surface area (Å²) in [6, 6.07) is 8.68. The molecular weight excluding hydrogens is 348 g/mol. The quantitative estimate of drug-likeness (QED) is 0.793. The van der Waals surface area contributed by atoms with Crippen LogP contribution in [0.2, 0.25) is 0 Å². The van der Waals surface area contributed by atoms with Crippen molar-refractivity contribution in [2.24, 2.45) is 0 Å². The van der Waals surface area contributed by atoms with Crippen molar-refractivity contribution in [2.75, 3.05) is 20.2 Å². The summed E-state index contributed by atoms with van der Waals surface area (Å²) in [7, 11) is 1.58. The first kappa shape index (κ1) is 18.6. The number of pyridine rings is 1. The van der Waals surface area contributed by atoms with E-state index < -0.39 is 11.8 Å². The Bertz CT molecular complexity index is 868. The molecule has 0 aliphatic carbocycles. The van der Waals surface area contributed by atoms with E-state index in [1.54, 1.807) is 31.4 Å². The standard InChI is InChI=1S/C19H22N4O4/c1-27-14-7-9-15-13(11-14)6-8-16(20-15)19(26)22-21-17(24)12-23-10-4-2-3-5-18(23)25/h6-9,11H,2-5,10,12H2,1H3,(H,21,24)(H,22,26). The lowest BCUT2D eigenvalue weighted by Crippen LogP contribution is -2.47. The fraction of sp³-hybridized carbons (Fsp3) is 0.368. The topological polar surface area (TPSA) is 101 Å². The number of likely N-dealkylation sites (tertiary alicyclic amines) is 1. The smallest absolute Gasteiger partial charge is 0.288 e. The van der Waals surface area contributed by atoms with Crippen molar-refractivity contribution in [3.8, 4) is 5.75 Å².